The molecule has 0 radical (unpaired) electrons. The molecular formula is C19H16O4. The number of hydrogen-bond acceptors (Lipinski definition) is 3. The van der Waals surface area contributed by atoms with E-state index >= 15 is 0 Å². The molecule has 116 valence electrons. The number of carbonyl (C=O) groups excluding carboxylic acids is 1. The lowest BCUT2D eigenvalue weighted by molar-refractivity contribution is 0.0696. The number of fused-ring (bicyclic) bond motifs is 1. The fourth-order valence-electron chi connectivity index (χ4n) is 2.66. The van der Waals surface area contributed by atoms with Crippen molar-refractivity contribution in [1.82, 2.24) is 0 Å². The summed E-state index contributed by atoms with van der Waals surface area (Å²) in [7, 11) is 0. The average molecular weight is 308 g/mol. The number of benzene rings is 2. The number of ether oxygens (including phenoxy) is 1. The van der Waals surface area contributed by atoms with E-state index in [-0.39, 0.29) is 18.0 Å². The molecule has 1 aliphatic heterocycles. The quantitative estimate of drug-likeness (QED) is 0.860. The van der Waals surface area contributed by atoms with Gasteiger partial charge in [-0.1, -0.05) is 24.3 Å². The first-order chi connectivity index (χ1) is 11.0. The molecule has 0 aromatic heterocycles. The van der Waals surface area contributed by atoms with Gasteiger partial charge < -0.3 is 9.84 Å². The molecule has 0 bridgehead atoms. The number of aryl methyl sites for hydroxylation is 2. The summed E-state index contributed by atoms with van der Waals surface area (Å²) in [6.45, 7) is 4.03. The Hall–Kier alpha value is -2.88. The molecule has 0 aliphatic carbocycles. The summed E-state index contributed by atoms with van der Waals surface area (Å²) < 4.78 is 5.77. The molecule has 2 aromatic carbocycles. The summed E-state index contributed by atoms with van der Waals surface area (Å²) >= 11 is 0. The second-order valence-corrected chi connectivity index (χ2v) is 5.62. The molecule has 0 fully saturated rings. The second-order valence-electron chi connectivity index (χ2n) is 5.62. The molecule has 4 nitrogen and oxygen atoms in total. The third kappa shape index (κ3) is 2.75. The molecule has 23 heavy (non-hydrogen) atoms. The van der Waals surface area contributed by atoms with Crippen LogP contribution in [0.25, 0.3) is 6.08 Å². The van der Waals surface area contributed by atoms with Gasteiger partial charge in [-0.25, -0.2) is 4.79 Å². The molecule has 0 unspecified atom stereocenters. The standard InChI is InChI=1S/C19H16O4/c1-11-3-4-12(2)18-16(11)17(20)15(10-23-18)9-13-5-7-14(8-6-13)19(21)22/h3-9H,10H2,1-2H3,(H,21,22)/b15-9+. The Morgan fingerprint density at radius 2 is 1.74 bits per heavy atom. The molecule has 1 N–H and O–H groups in total. The predicted molar refractivity (Wildman–Crippen MR) is 87.1 cm³/mol. The Bertz CT molecular complexity index is 829. The van der Waals surface area contributed by atoms with Crippen molar-refractivity contribution in [3.05, 3.63) is 69.8 Å². The zero-order valence-corrected chi connectivity index (χ0v) is 12.9. The normalized spacial score (nSPS) is 15.2. The van der Waals surface area contributed by atoms with E-state index in [1.54, 1.807) is 18.2 Å². The van der Waals surface area contributed by atoms with Crippen LogP contribution in [0.5, 0.6) is 5.75 Å². The minimum atomic E-state index is -0.971. The first-order valence-corrected chi connectivity index (χ1v) is 7.29. The van der Waals surface area contributed by atoms with Gasteiger partial charge in [0.25, 0.3) is 0 Å². The van der Waals surface area contributed by atoms with E-state index in [0.29, 0.717) is 16.9 Å². The van der Waals surface area contributed by atoms with Crippen LogP contribution in [0.4, 0.5) is 0 Å². The lowest BCUT2D eigenvalue weighted by Gasteiger charge is -2.22. The van der Waals surface area contributed by atoms with Crippen molar-refractivity contribution in [1.29, 1.82) is 0 Å². The highest BCUT2D eigenvalue weighted by Gasteiger charge is 2.26. The van der Waals surface area contributed by atoms with E-state index in [2.05, 4.69) is 0 Å². The van der Waals surface area contributed by atoms with Crippen LogP contribution in [0.2, 0.25) is 0 Å². The molecule has 1 aliphatic rings. The summed E-state index contributed by atoms with van der Waals surface area (Å²) in [5.41, 5.74) is 4.01. The fraction of sp³-hybridized carbons (Fsp3) is 0.158. The zero-order chi connectivity index (χ0) is 16.6. The van der Waals surface area contributed by atoms with Crippen molar-refractivity contribution in [2.75, 3.05) is 6.61 Å². The number of hydrogen-bond donors (Lipinski definition) is 1. The number of carbonyl (C=O) groups is 2. The smallest absolute Gasteiger partial charge is 0.335 e. The molecule has 0 atom stereocenters. The molecule has 0 saturated heterocycles. The van der Waals surface area contributed by atoms with Crippen LogP contribution in [-0.2, 0) is 0 Å². The molecule has 4 heteroatoms. The van der Waals surface area contributed by atoms with E-state index in [1.807, 2.05) is 26.0 Å². The lowest BCUT2D eigenvalue weighted by atomic mass is 9.93. The maximum atomic E-state index is 12.7. The summed E-state index contributed by atoms with van der Waals surface area (Å²) in [6, 6.07) is 10.3. The Morgan fingerprint density at radius 3 is 2.39 bits per heavy atom. The fourth-order valence-corrected chi connectivity index (χ4v) is 2.66. The molecule has 0 saturated carbocycles. The van der Waals surface area contributed by atoms with Crippen LogP contribution in [0.1, 0.15) is 37.4 Å². The number of carboxylic acid groups (broad SMARTS) is 1. The van der Waals surface area contributed by atoms with Gasteiger partial charge in [0.15, 0.2) is 5.78 Å². The van der Waals surface area contributed by atoms with Crippen molar-refractivity contribution in [3.63, 3.8) is 0 Å². The zero-order valence-electron chi connectivity index (χ0n) is 12.9. The van der Waals surface area contributed by atoms with Gasteiger partial charge >= 0.3 is 5.97 Å². The van der Waals surface area contributed by atoms with Gasteiger partial charge in [-0.2, -0.15) is 0 Å². The van der Waals surface area contributed by atoms with Crippen LogP contribution in [-0.4, -0.2) is 23.5 Å². The average Bonchev–Trinajstić information content (AvgIpc) is 2.53. The third-order valence-electron chi connectivity index (χ3n) is 3.95. The van der Waals surface area contributed by atoms with E-state index in [4.69, 9.17) is 9.84 Å². The van der Waals surface area contributed by atoms with Gasteiger partial charge in [0.2, 0.25) is 0 Å². The van der Waals surface area contributed by atoms with Crippen molar-refractivity contribution in [3.8, 4) is 5.75 Å². The summed E-state index contributed by atoms with van der Waals surface area (Å²) in [4.78, 5) is 23.6. The number of carboxylic acids is 1. The minimum Gasteiger partial charge on any atom is -0.488 e. The highest BCUT2D eigenvalue weighted by molar-refractivity contribution is 6.15. The van der Waals surface area contributed by atoms with Crippen molar-refractivity contribution < 1.29 is 19.4 Å². The largest absolute Gasteiger partial charge is 0.488 e. The van der Waals surface area contributed by atoms with E-state index in [0.717, 1.165) is 16.7 Å². The Labute approximate surface area is 134 Å². The molecule has 3 rings (SSSR count). The van der Waals surface area contributed by atoms with Gasteiger partial charge in [-0.15, -0.1) is 0 Å². The summed E-state index contributed by atoms with van der Waals surface area (Å²) in [6.07, 6.45) is 1.75. The highest BCUT2D eigenvalue weighted by Crippen LogP contribution is 2.33. The SMILES string of the molecule is Cc1ccc(C)c2c1OC/C(=C\c1ccc(C(=O)O)cc1)C2=O. The first-order valence-electron chi connectivity index (χ1n) is 7.29. The molecule has 1 heterocycles. The topological polar surface area (TPSA) is 63.6 Å². The monoisotopic (exact) mass is 308 g/mol. The number of rotatable bonds is 2. The van der Waals surface area contributed by atoms with Crippen molar-refractivity contribution >= 4 is 17.8 Å². The van der Waals surface area contributed by atoms with Crippen LogP contribution in [0.15, 0.2) is 42.0 Å². The van der Waals surface area contributed by atoms with Gasteiger partial charge in [0, 0.05) is 5.57 Å². The molecule has 0 amide bonds. The molecule has 0 spiro atoms. The van der Waals surface area contributed by atoms with E-state index in [9.17, 15) is 9.59 Å². The minimum absolute atomic E-state index is 0.0326. The van der Waals surface area contributed by atoms with Gasteiger partial charge in [0.1, 0.15) is 12.4 Å². The van der Waals surface area contributed by atoms with Crippen LogP contribution >= 0.6 is 0 Å². The maximum Gasteiger partial charge on any atom is 0.335 e. The molecule has 2 aromatic rings. The van der Waals surface area contributed by atoms with E-state index < -0.39 is 5.97 Å². The van der Waals surface area contributed by atoms with Gasteiger partial charge in [-0.05, 0) is 48.7 Å². The summed E-state index contributed by atoms with van der Waals surface area (Å²) in [5, 5.41) is 8.92. The van der Waals surface area contributed by atoms with Crippen LogP contribution in [0.3, 0.4) is 0 Å². The van der Waals surface area contributed by atoms with Crippen LogP contribution < -0.4 is 4.74 Å². The Balaban J connectivity index is 1.97. The highest BCUT2D eigenvalue weighted by atomic mass is 16.5. The molecular weight excluding hydrogens is 292 g/mol. The Kier molecular flexibility index (Phi) is 3.74. The van der Waals surface area contributed by atoms with Gasteiger partial charge in [0.05, 0.1) is 11.1 Å². The van der Waals surface area contributed by atoms with E-state index in [1.165, 1.54) is 12.1 Å². The number of Topliss-reactive ketones (excluding diaryl/α,β-unsaturated/α-hetero) is 1. The van der Waals surface area contributed by atoms with Crippen molar-refractivity contribution in [2.45, 2.75) is 13.8 Å². The van der Waals surface area contributed by atoms with Crippen LogP contribution in [0, 0.1) is 13.8 Å². The third-order valence-corrected chi connectivity index (χ3v) is 3.95. The lowest BCUT2D eigenvalue weighted by Crippen LogP contribution is -2.21. The van der Waals surface area contributed by atoms with Crippen molar-refractivity contribution in [2.24, 2.45) is 0 Å². The first kappa shape index (κ1) is 15.0. The second kappa shape index (κ2) is 5.72. The number of ketones is 1. The number of aromatic carboxylic acids is 1. The maximum absolute atomic E-state index is 12.7. The van der Waals surface area contributed by atoms with Gasteiger partial charge in [-0.3, -0.25) is 4.79 Å². The Morgan fingerprint density at radius 1 is 1.09 bits per heavy atom. The summed E-state index contributed by atoms with van der Waals surface area (Å²) in [5.74, 6) is -0.343. The predicted octanol–water partition coefficient (Wildman–Crippen LogP) is 3.66.